The molecule has 0 spiro atoms. The summed E-state index contributed by atoms with van der Waals surface area (Å²) in [6.45, 7) is 0. The predicted octanol–water partition coefficient (Wildman–Crippen LogP) is 3.48. The number of H-pyrrole nitrogens is 1. The van der Waals surface area contributed by atoms with Crippen molar-refractivity contribution in [1.82, 2.24) is 10.2 Å². The molecule has 1 N–H and O–H groups in total. The van der Waals surface area contributed by atoms with Crippen LogP contribution >= 0.6 is 0 Å². The van der Waals surface area contributed by atoms with Crippen molar-refractivity contribution in [1.29, 1.82) is 0 Å². The fraction of sp³-hybridized carbons (Fsp3) is 0. The van der Waals surface area contributed by atoms with Gasteiger partial charge in [0.2, 0.25) is 0 Å². The average molecular weight is 244 g/mol. The summed E-state index contributed by atoms with van der Waals surface area (Å²) in [7, 11) is 0. The van der Waals surface area contributed by atoms with Gasteiger partial charge in [-0.1, -0.05) is 54.5 Å². The molecular weight excluding hydrogens is 232 g/mol. The van der Waals surface area contributed by atoms with E-state index < -0.39 is 0 Å². The van der Waals surface area contributed by atoms with Gasteiger partial charge in [0.25, 0.3) is 0 Å². The first-order chi connectivity index (χ1) is 9.42. The molecule has 0 fully saturated rings. The first-order valence-electron chi connectivity index (χ1n) is 6.10. The maximum Gasteiger partial charge on any atom is 0.108 e. The number of rotatable bonds is 1. The van der Waals surface area contributed by atoms with Crippen LogP contribution in [0.5, 0.6) is 0 Å². The Labute approximate surface area is 112 Å². The third-order valence-electron chi connectivity index (χ3n) is 2.76. The van der Waals surface area contributed by atoms with E-state index in [-0.39, 0.29) is 0 Å². The fourth-order valence-corrected chi connectivity index (χ4v) is 1.80. The fourth-order valence-electron chi connectivity index (χ4n) is 1.80. The van der Waals surface area contributed by atoms with Crippen molar-refractivity contribution in [3.05, 3.63) is 78.0 Å². The quantitative estimate of drug-likeness (QED) is 0.652. The number of hydrogen-bond donors (Lipinski definition) is 1. The molecule has 2 aromatic carbocycles. The van der Waals surface area contributed by atoms with E-state index in [0.717, 1.165) is 22.5 Å². The minimum atomic E-state index is 0.822. The van der Waals surface area contributed by atoms with Crippen LogP contribution in [0.3, 0.4) is 0 Å². The van der Waals surface area contributed by atoms with E-state index >= 15 is 0 Å². The predicted molar refractivity (Wildman–Crippen MR) is 76.4 cm³/mol. The van der Waals surface area contributed by atoms with Crippen molar-refractivity contribution >= 4 is 0 Å². The summed E-state index contributed by atoms with van der Waals surface area (Å²) in [5.74, 6) is 6.19. The van der Waals surface area contributed by atoms with E-state index in [1.165, 1.54) is 0 Å². The van der Waals surface area contributed by atoms with E-state index in [0.29, 0.717) is 0 Å². The summed E-state index contributed by atoms with van der Waals surface area (Å²) >= 11 is 0. The molecule has 0 saturated carbocycles. The summed E-state index contributed by atoms with van der Waals surface area (Å²) in [5, 5.41) is 7.22. The molecule has 0 aliphatic rings. The van der Waals surface area contributed by atoms with Crippen LogP contribution in [-0.4, -0.2) is 10.2 Å². The highest BCUT2D eigenvalue weighted by Crippen LogP contribution is 2.16. The molecule has 1 aromatic heterocycles. The lowest BCUT2D eigenvalue weighted by molar-refractivity contribution is 1.08. The van der Waals surface area contributed by atoms with E-state index in [9.17, 15) is 0 Å². The summed E-state index contributed by atoms with van der Waals surface area (Å²) in [4.78, 5) is 0. The molecule has 0 unspecified atom stereocenters. The summed E-state index contributed by atoms with van der Waals surface area (Å²) in [6.07, 6.45) is 0. The Balaban J connectivity index is 1.85. The topological polar surface area (TPSA) is 28.7 Å². The molecule has 2 nitrogen and oxygen atoms in total. The maximum absolute atomic E-state index is 4.27. The molecule has 3 rings (SSSR count). The highest BCUT2D eigenvalue weighted by molar-refractivity contribution is 5.60. The highest BCUT2D eigenvalue weighted by atomic mass is 15.1. The first-order valence-corrected chi connectivity index (χ1v) is 6.10. The molecule has 2 heteroatoms. The molecule has 1 heterocycles. The lowest BCUT2D eigenvalue weighted by atomic mass is 10.1. The monoisotopic (exact) mass is 244 g/mol. The molecule has 0 aliphatic carbocycles. The smallest absolute Gasteiger partial charge is 0.108 e. The van der Waals surface area contributed by atoms with Gasteiger partial charge in [0.15, 0.2) is 0 Å². The van der Waals surface area contributed by atoms with Gasteiger partial charge in [-0.15, -0.1) is 0 Å². The van der Waals surface area contributed by atoms with Crippen molar-refractivity contribution in [3.8, 4) is 23.1 Å². The summed E-state index contributed by atoms with van der Waals surface area (Å²) in [6, 6.07) is 21.9. The number of nitrogens with zero attached hydrogens (tertiary/aromatic N) is 1. The standard InChI is InChI=1S/C17H12N2/c1-3-7-14(8-4-1)11-12-16-13-17(19-18-16)15-9-5-2-6-10-15/h1-10,13H,(H,18,19). The number of hydrogen-bond acceptors (Lipinski definition) is 1. The molecule has 0 bridgehead atoms. The van der Waals surface area contributed by atoms with Gasteiger partial charge in [0, 0.05) is 11.1 Å². The van der Waals surface area contributed by atoms with Crippen LogP contribution in [0.1, 0.15) is 11.3 Å². The molecule has 19 heavy (non-hydrogen) atoms. The highest BCUT2D eigenvalue weighted by Gasteiger charge is 2.00. The Morgan fingerprint density at radius 2 is 1.47 bits per heavy atom. The number of aromatic nitrogens is 2. The molecule has 3 aromatic rings. The molecule has 0 amide bonds. The van der Waals surface area contributed by atoms with E-state index in [4.69, 9.17) is 0 Å². The van der Waals surface area contributed by atoms with Gasteiger partial charge in [-0.3, -0.25) is 5.10 Å². The molecule has 0 aliphatic heterocycles. The third-order valence-corrected chi connectivity index (χ3v) is 2.76. The SMILES string of the molecule is C(#Cc1cc(-c2ccccc2)n[nH]1)c1ccccc1. The van der Waals surface area contributed by atoms with Crippen molar-refractivity contribution in [2.75, 3.05) is 0 Å². The molecule has 0 atom stereocenters. The zero-order chi connectivity index (χ0) is 12.9. The average Bonchev–Trinajstić information content (AvgIpc) is 2.96. The van der Waals surface area contributed by atoms with Crippen LogP contribution in [0, 0.1) is 11.8 Å². The number of benzene rings is 2. The van der Waals surface area contributed by atoms with Gasteiger partial charge >= 0.3 is 0 Å². The van der Waals surface area contributed by atoms with Crippen molar-refractivity contribution in [2.45, 2.75) is 0 Å². The second-order valence-corrected chi connectivity index (χ2v) is 4.15. The molecule has 0 saturated heterocycles. The summed E-state index contributed by atoms with van der Waals surface area (Å²) in [5.41, 5.74) is 3.82. The zero-order valence-electron chi connectivity index (χ0n) is 10.3. The number of nitrogens with one attached hydrogen (secondary N) is 1. The Kier molecular flexibility index (Phi) is 3.12. The largest absolute Gasteiger partial charge is 0.269 e. The first kappa shape index (κ1) is 11.3. The van der Waals surface area contributed by atoms with Crippen LogP contribution < -0.4 is 0 Å². The third kappa shape index (κ3) is 2.72. The van der Waals surface area contributed by atoms with E-state index in [1.54, 1.807) is 0 Å². The van der Waals surface area contributed by atoms with Crippen LogP contribution in [0.15, 0.2) is 66.7 Å². The molecule has 0 radical (unpaired) electrons. The number of aromatic amines is 1. The van der Waals surface area contributed by atoms with Crippen molar-refractivity contribution < 1.29 is 0 Å². The normalized spacial score (nSPS) is 9.68. The van der Waals surface area contributed by atoms with Crippen LogP contribution in [-0.2, 0) is 0 Å². The zero-order valence-corrected chi connectivity index (χ0v) is 10.3. The maximum atomic E-state index is 4.27. The van der Waals surface area contributed by atoms with Crippen LogP contribution in [0.25, 0.3) is 11.3 Å². The van der Waals surface area contributed by atoms with E-state index in [1.807, 2.05) is 66.7 Å². The Morgan fingerprint density at radius 1 is 0.789 bits per heavy atom. The molecular formula is C17H12N2. The second kappa shape index (κ2) is 5.24. The van der Waals surface area contributed by atoms with E-state index in [2.05, 4.69) is 22.0 Å². The van der Waals surface area contributed by atoms with Crippen LogP contribution in [0.2, 0.25) is 0 Å². The van der Waals surface area contributed by atoms with Gasteiger partial charge in [0.05, 0.1) is 5.69 Å². The minimum Gasteiger partial charge on any atom is -0.269 e. The van der Waals surface area contributed by atoms with Crippen LogP contribution in [0.4, 0.5) is 0 Å². The van der Waals surface area contributed by atoms with Gasteiger partial charge in [-0.25, -0.2) is 0 Å². The van der Waals surface area contributed by atoms with Gasteiger partial charge < -0.3 is 0 Å². The lowest BCUT2D eigenvalue weighted by Gasteiger charge is -1.92. The van der Waals surface area contributed by atoms with Gasteiger partial charge in [0.1, 0.15) is 5.69 Å². The van der Waals surface area contributed by atoms with Crippen molar-refractivity contribution in [2.24, 2.45) is 0 Å². The Hall–Kier alpha value is -2.79. The van der Waals surface area contributed by atoms with Gasteiger partial charge in [-0.05, 0) is 24.1 Å². The van der Waals surface area contributed by atoms with Gasteiger partial charge in [-0.2, -0.15) is 5.10 Å². The Morgan fingerprint density at radius 3 is 2.21 bits per heavy atom. The summed E-state index contributed by atoms with van der Waals surface area (Å²) < 4.78 is 0. The molecule has 90 valence electrons. The Bertz CT molecular complexity index is 716. The van der Waals surface area contributed by atoms with Crippen molar-refractivity contribution in [3.63, 3.8) is 0 Å². The second-order valence-electron chi connectivity index (χ2n) is 4.15. The minimum absolute atomic E-state index is 0.822. The lowest BCUT2D eigenvalue weighted by Crippen LogP contribution is -1.75.